The summed E-state index contributed by atoms with van der Waals surface area (Å²) in [6, 6.07) is 7.56. The third-order valence-corrected chi connectivity index (χ3v) is 3.34. The van der Waals surface area contributed by atoms with Gasteiger partial charge in [0.25, 0.3) is 0 Å². The maximum Gasteiger partial charge on any atom is 0.171 e. The van der Waals surface area contributed by atoms with Crippen LogP contribution in [0.25, 0.3) is 0 Å². The monoisotopic (exact) mass is 310 g/mol. The average molecular weight is 311 g/mol. The Hall–Kier alpha value is -1.79. The number of methoxy groups -OCH3 is 1. The van der Waals surface area contributed by atoms with Crippen molar-refractivity contribution in [2.75, 3.05) is 12.4 Å². The quantitative estimate of drug-likeness (QED) is 0.850. The third-order valence-electron chi connectivity index (χ3n) is 2.78. The number of hydrogen-bond acceptors (Lipinski definition) is 3. The van der Waals surface area contributed by atoms with E-state index < -0.39 is 0 Å². The van der Waals surface area contributed by atoms with Gasteiger partial charge in [-0.05, 0) is 24.4 Å². The van der Waals surface area contributed by atoms with E-state index >= 15 is 0 Å². The first-order valence-corrected chi connectivity index (χ1v) is 6.74. The largest absolute Gasteiger partial charge is 0.495 e. The molecule has 0 saturated carbocycles. The number of nitrogens with zero attached hydrogens (tertiary/aromatic N) is 2. The van der Waals surface area contributed by atoms with Crippen molar-refractivity contribution in [1.82, 2.24) is 15.1 Å². The maximum absolute atomic E-state index is 6.03. The molecular weight excluding hydrogens is 296 g/mol. The molecule has 2 rings (SSSR count). The summed E-state index contributed by atoms with van der Waals surface area (Å²) in [5, 5.41) is 11.3. The van der Waals surface area contributed by atoms with Gasteiger partial charge in [0, 0.05) is 7.05 Å². The van der Waals surface area contributed by atoms with Gasteiger partial charge < -0.3 is 15.4 Å². The number of anilines is 1. The van der Waals surface area contributed by atoms with Crippen LogP contribution in [0.15, 0.2) is 30.5 Å². The fourth-order valence-electron chi connectivity index (χ4n) is 1.71. The molecule has 0 fully saturated rings. The number of thiocarbonyl (C=S) groups is 1. The minimum absolute atomic E-state index is 0.492. The van der Waals surface area contributed by atoms with Crippen molar-refractivity contribution in [2.45, 2.75) is 6.54 Å². The molecular formula is C13H15ClN4OS. The van der Waals surface area contributed by atoms with Gasteiger partial charge in [-0.2, -0.15) is 5.10 Å². The summed E-state index contributed by atoms with van der Waals surface area (Å²) in [5.41, 5.74) is 1.68. The van der Waals surface area contributed by atoms with Gasteiger partial charge in [-0.3, -0.25) is 4.68 Å². The van der Waals surface area contributed by atoms with Crippen LogP contribution < -0.4 is 15.4 Å². The number of aromatic nitrogens is 2. The van der Waals surface area contributed by atoms with Crippen molar-refractivity contribution in [3.63, 3.8) is 0 Å². The van der Waals surface area contributed by atoms with Crippen molar-refractivity contribution in [3.05, 3.63) is 41.2 Å². The van der Waals surface area contributed by atoms with Gasteiger partial charge in [0.1, 0.15) is 5.75 Å². The molecule has 0 saturated heterocycles. The second-order valence-electron chi connectivity index (χ2n) is 4.07. The summed E-state index contributed by atoms with van der Waals surface area (Å²) in [4.78, 5) is 0. The number of halogens is 1. The Kier molecular flexibility index (Phi) is 4.81. The second kappa shape index (κ2) is 6.58. The Morgan fingerprint density at radius 1 is 1.45 bits per heavy atom. The summed E-state index contributed by atoms with van der Waals surface area (Å²) >= 11 is 11.3. The first kappa shape index (κ1) is 14.6. The zero-order valence-electron chi connectivity index (χ0n) is 11.2. The standard InChI is InChI=1S/C13H15ClN4OS/c1-18-11(9(14)7-16-18)8-15-13(20)17-10-5-3-4-6-12(10)19-2/h3-7H,8H2,1-2H3,(H2,15,17,20). The number of nitrogens with one attached hydrogen (secondary N) is 2. The van der Waals surface area contributed by atoms with E-state index in [1.807, 2.05) is 31.3 Å². The topological polar surface area (TPSA) is 51.1 Å². The molecule has 106 valence electrons. The second-order valence-corrected chi connectivity index (χ2v) is 4.89. The number of ether oxygens (including phenoxy) is 1. The molecule has 1 heterocycles. The normalized spacial score (nSPS) is 10.2. The van der Waals surface area contributed by atoms with E-state index in [0.717, 1.165) is 17.1 Å². The summed E-state index contributed by atoms with van der Waals surface area (Å²) in [6.07, 6.45) is 1.61. The third kappa shape index (κ3) is 3.40. The van der Waals surface area contributed by atoms with Crippen molar-refractivity contribution in [1.29, 1.82) is 0 Å². The van der Waals surface area contributed by atoms with E-state index in [-0.39, 0.29) is 0 Å². The van der Waals surface area contributed by atoms with Crippen molar-refractivity contribution < 1.29 is 4.74 Å². The molecule has 0 atom stereocenters. The van der Waals surface area contributed by atoms with Crippen molar-refractivity contribution >= 4 is 34.6 Å². The Morgan fingerprint density at radius 3 is 2.85 bits per heavy atom. The van der Waals surface area contributed by atoms with Crippen molar-refractivity contribution in [3.8, 4) is 5.75 Å². The Balaban J connectivity index is 1.96. The van der Waals surface area contributed by atoms with Crippen LogP contribution in [0.4, 0.5) is 5.69 Å². The van der Waals surface area contributed by atoms with Crippen LogP contribution in [-0.2, 0) is 13.6 Å². The molecule has 2 N–H and O–H groups in total. The predicted molar refractivity (Wildman–Crippen MR) is 84.3 cm³/mol. The molecule has 1 aromatic carbocycles. The van der Waals surface area contributed by atoms with E-state index in [2.05, 4.69) is 15.7 Å². The van der Waals surface area contributed by atoms with Gasteiger partial charge in [-0.25, -0.2) is 0 Å². The van der Waals surface area contributed by atoms with E-state index in [1.54, 1.807) is 18.0 Å². The Bertz CT molecular complexity index is 595. The average Bonchev–Trinajstić information content (AvgIpc) is 2.76. The Morgan fingerprint density at radius 2 is 2.20 bits per heavy atom. The van der Waals surface area contributed by atoms with Gasteiger partial charge in [0.15, 0.2) is 5.11 Å². The number of para-hydroxylation sites is 2. The maximum atomic E-state index is 6.03. The number of benzene rings is 1. The van der Waals surface area contributed by atoms with E-state index in [4.69, 9.17) is 28.6 Å². The fourth-order valence-corrected chi connectivity index (χ4v) is 2.13. The molecule has 0 aliphatic rings. The van der Waals surface area contributed by atoms with E-state index in [9.17, 15) is 0 Å². The van der Waals surface area contributed by atoms with E-state index in [0.29, 0.717) is 16.7 Å². The number of aryl methyl sites for hydroxylation is 1. The minimum atomic E-state index is 0.492. The lowest BCUT2D eigenvalue weighted by molar-refractivity contribution is 0.417. The highest BCUT2D eigenvalue weighted by Crippen LogP contribution is 2.22. The van der Waals surface area contributed by atoms with Crippen LogP contribution in [0.5, 0.6) is 5.75 Å². The Labute approximate surface area is 127 Å². The van der Waals surface area contributed by atoms with Gasteiger partial charge in [-0.15, -0.1) is 0 Å². The highest BCUT2D eigenvalue weighted by Gasteiger charge is 2.08. The summed E-state index contributed by atoms with van der Waals surface area (Å²) < 4.78 is 6.96. The molecule has 0 radical (unpaired) electrons. The zero-order chi connectivity index (χ0) is 14.5. The molecule has 1 aromatic heterocycles. The predicted octanol–water partition coefficient (Wildman–Crippen LogP) is 2.57. The zero-order valence-corrected chi connectivity index (χ0v) is 12.8. The molecule has 2 aromatic rings. The van der Waals surface area contributed by atoms with Crippen molar-refractivity contribution in [2.24, 2.45) is 7.05 Å². The van der Waals surface area contributed by atoms with Gasteiger partial charge in [0.05, 0.1) is 36.3 Å². The number of hydrogen-bond donors (Lipinski definition) is 2. The van der Waals surface area contributed by atoms with E-state index in [1.165, 1.54) is 0 Å². The SMILES string of the molecule is COc1ccccc1NC(=S)NCc1c(Cl)cnn1C. The molecule has 0 bridgehead atoms. The molecule has 20 heavy (non-hydrogen) atoms. The van der Waals surface area contributed by atoms with Crippen LogP contribution in [-0.4, -0.2) is 22.0 Å². The molecule has 0 amide bonds. The molecule has 7 heteroatoms. The minimum Gasteiger partial charge on any atom is -0.495 e. The molecule has 0 unspecified atom stereocenters. The highest BCUT2D eigenvalue weighted by atomic mass is 35.5. The summed E-state index contributed by atoms with van der Waals surface area (Å²) in [5.74, 6) is 0.732. The summed E-state index contributed by atoms with van der Waals surface area (Å²) in [7, 11) is 3.45. The smallest absolute Gasteiger partial charge is 0.171 e. The molecule has 0 aliphatic heterocycles. The van der Waals surface area contributed by atoms with Crippen LogP contribution in [0.3, 0.4) is 0 Å². The fraction of sp³-hybridized carbons (Fsp3) is 0.231. The van der Waals surface area contributed by atoms with Crippen LogP contribution in [0, 0.1) is 0 Å². The number of rotatable bonds is 4. The van der Waals surface area contributed by atoms with Crippen LogP contribution in [0.2, 0.25) is 5.02 Å². The summed E-state index contributed by atoms with van der Waals surface area (Å²) in [6.45, 7) is 0.496. The van der Waals surface area contributed by atoms with Gasteiger partial charge in [-0.1, -0.05) is 23.7 Å². The van der Waals surface area contributed by atoms with Crippen LogP contribution >= 0.6 is 23.8 Å². The lowest BCUT2D eigenvalue weighted by Gasteiger charge is -2.13. The molecule has 0 aliphatic carbocycles. The highest BCUT2D eigenvalue weighted by molar-refractivity contribution is 7.80. The van der Waals surface area contributed by atoms with Gasteiger partial charge >= 0.3 is 0 Å². The first-order chi connectivity index (χ1) is 9.61. The lowest BCUT2D eigenvalue weighted by atomic mass is 10.3. The first-order valence-electron chi connectivity index (χ1n) is 5.96. The lowest BCUT2D eigenvalue weighted by Crippen LogP contribution is -2.29. The van der Waals surface area contributed by atoms with Gasteiger partial charge in [0.2, 0.25) is 0 Å². The van der Waals surface area contributed by atoms with Crippen LogP contribution in [0.1, 0.15) is 5.69 Å². The molecule has 5 nitrogen and oxygen atoms in total. The molecule has 0 spiro atoms.